The van der Waals surface area contributed by atoms with E-state index in [4.69, 9.17) is 5.53 Å². The molecule has 0 fully saturated rings. The Labute approximate surface area is 55.2 Å². The van der Waals surface area contributed by atoms with E-state index in [0.29, 0.717) is 0 Å². The third kappa shape index (κ3) is 1.19. The lowest BCUT2D eigenvalue weighted by Gasteiger charge is -2.00. The standard InChI is InChI=1S/C3H3N5O2/c4-7-5-2-1-10-8-6-3(2)9/h4H,1H2/b5-2+,7-4?. The summed E-state index contributed by atoms with van der Waals surface area (Å²) in [7, 11) is 0. The summed E-state index contributed by atoms with van der Waals surface area (Å²) in [6.45, 7) is -0.0648. The van der Waals surface area contributed by atoms with Crippen molar-refractivity contribution in [3.05, 3.63) is 0 Å². The van der Waals surface area contributed by atoms with E-state index in [2.05, 4.69) is 25.6 Å². The normalized spacial score (nSPS) is 20.8. The predicted octanol–water partition coefficient (Wildman–Crippen LogP) is 0.297. The largest absolute Gasteiger partial charge is 0.372 e. The zero-order valence-electron chi connectivity index (χ0n) is 4.81. The lowest BCUT2D eigenvalue weighted by atomic mass is 10.4. The van der Waals surface area contributed by atoms with Crippen LogP contribution in [0.25, 0.3) is 0 Å². The molecule has 0 bridgehead atoms. The molecule has 0 spiro atoms. The van der Waals surface area contributed by atoms with E-state index in [1.54, 1.807) is 0 Å². The lowest BCUT2D eigenvalue weighted by molar-refractivity contribution is -0.114. The predicted molar refractivity (Wildman–Crippen MR) is 28.4 cm³/mol. The first-order valence-corrected chi connectivity index (χ1v) is 2.35. The molecule has 0 unspecified atom stereocenters. The first kappa shape index (κ1) is 6.46. The number of amides is 1. The van der Waals surface area contributed by atoms with Crippen LogP contribution < -0.4 is 0 Å². The van der Waals surface area contributed by atoms with Gasteiger partial charge in [-0.2, -0.15) is 5.53 Å². The third-order valence-electron chi connectivity index (χ3n) is 0.808. The number of rotatable bonds is 1. The van der Waals surface area contributed by atoms with Crippen molar-refractivity contribution in [2.45, 2.75) is 0 Å². The van der Waals surface area contributed by atoms with Crippen LogP contribution in [0.15, 0.2) is 20.7 Å². The maximum atomic E-state index is 10.6. The minimum Gasteiger partial charge on any atom is -0.372 e. The van der Waals surface area contributed by atoms with Gasteiger partial charge in [0.2, 0.25) is 0 Å². The Morgan fingerprint density at radius 3 is 3.10 bits per heavy atom. The molecule has 7 heteroatoms. The molecule has 0 atom stereocenters. The molecule has 0 saturated carbocycles. The highest BCUT2D eigenvalue weighted by atomic mass is 16.6. The van der Waals surface area contributed by atoms with Gasteiger partial charge in [0.1, 0.15) is 0 Å². The van der Waals surface area contributed by atoms with Gasteiger partial charge in [0.15, 0.2) is 12.3 Å². The lowest BCUT2D eigenvalue weighted by Crippen LogP contribution is -2.19. The molecule has 10 heavy (non-hydrogen) atoms. The molecule has 0 aromatic rings. The second-order valence-corrected chi connectivity index (χ2v) is 1.41. The summed E-state index contributed by atoms with van der Waals surface area (Å²) in [5, 5.41) is 11.8. The first-order valence-electron chi connectivity index (χ1n) is 2.35. The van der Waals surface area contributed by atoms with Gasteiger partial charge in [-0.1, -0.05) is 10.3 Å². The summed E-state index contributed by atoms with van der Waals surface area (Å²) >= 11 is 0. The fraction of sp³-hybridized carbons (Fsp3) is 0.333. The highest BCUT2D eigenvalue weighted by molar-refractivity contribution is 6.39. The SMILES string of the molecule is N=N/N=C1\CON=NC1=O. The fourth-order valence-corrected chi connectivity index (χ4v) is 0.407. The molecule has 1 aliphatic heterocycles. The second kappa shape index (κ2) is 2.76. The molecule has 7 nitrogen and oxygen atoms in total. The second-order valence-electron chi connectivity index (χ2n) is 1.41. The highest BCUT2D eigenvalue weighted by Crippen LogP contribution is 1.95. The number of hydrogen-bond acceptors (Lipinski definition) is 5. The average molecular weight is 141 g/mol. The van der Waals surface area contributed by atoms with Crippen LogP contribution >= 0.6 is 0 Å². The maximum Gasteiger partial charge on any atom is 0.318 e. The van der Waals surface area contributed by atoms with Gasteiger partial charge in [0, 0.05) is 5.28 Å². The molecule has 1 rings (SSSR count). The number of hydrogen-bond donors (Lipinski definition) is 1. The van der Waals surface area contributed by atoms with E-state index in [1.807, 2.05) is 0 Å². The van der Waals surface area contributed by atoms with Crippen LogP contribution in [-0.4, -0.2) is 18.2 Å². The van der Waals surface area contributed by atoms with E-state index < -0.39 is 5.91 Å². The molecule has 1 aliphatic rings. The highest BCUT2D eigenvalue weighted by Gasteiger charge is 2.15. The Bertz CT molecular complexity index is 219. The summed E-state index contributed by atoms with van der Waals surface area (Å²) in [5.74, 6) is -0.609. The van der Waals surface area contributed by atoms with Crippen molar-refractivity contribution >= 4 is 11.6 Å². The van der Waals surface area contributed by atoms with Crippen molar-refractivity contribution in [3.63, 3.8) is 0 Å². The van der Waals surface area contributed by atoms with Gasteiger partial charge in [-0.15, -0.1) is 5.10 Å². The maximum absolute atomic E-state index is 10.6. The van der Waals surface area contributed by atoms with E-state index in [9.17, 15) is 4.79 Å². The van der Waals surface area contributed by atoms with Crippen LogP contribution in [-0.2, 0) is 9.63 Å². The van der Waals surface area contributed by atoms with Gasteiger partial charge in [0.05, 0.1) is 0 Å². The summed E-state index contributed by atoms with van der Waals surface area (Å²) in [6, 6.07) is 0. The number of carbonyl (C=O) groups is 1. The molecule has 0 radical (unpaired) electrons. The van der Waals surface area contributed by atoms with Crippen molar-refractivity contribution in [1.82, 2.24) is 0 Å². The molecule has 0 aromatic carbocycles. The van der Waals surface area contributed by atoms with Crippen LogP contribution in [0, 0.1) is 5.53 Å². The number of nitrogens with one attached hydrogen (secondary N) is 1. The smallest absolute Gasteiger partial charge is 0.318 e. The molecule has 52 valence electrons. The topological polar surface area (TPSA) is 99.6 Å². The van der Waals surface area contributed by atoms with E-state index >= 15 is 0 Å². The summed E-state index contributed by atoms with van der Waals surface area (Å²) in [4.78, 5) is 14.9. The Hall–Kier alpha value is -1.66. The Morgan fingerprint density at radius 2 is 2.50 bits per heavy atom. The van der Waals surface area contributed by atoms with Crippen LogP contribution in [0.4, 0.5) is 0 Å². The molecular formula is C3H3N5O2. The zero-order valence-corrected chi connectivity index (χ0v) is 4.81. The molecule has 0 saturated heterocycles. The molecule has 1 heterocycles. The van der Waals surface area contributed by atoms with Crippen LogP contribution in [0.2, 0.25) is 0 Å². The van der Waals surface area contributed by atoms with Gasteiger partial charge in [0.25, 0.3) is 0 Å². The van der Waals surface area contributed by atoms with Gasteiger partial charge >= 0.3 is 5.91 Å². The van der Waals surface area contributed by atoms with Crippen molar-refractivity contribution in [3.8, 4) is 0 Å². The quantitative estimate of drug-likeness (QED) is 0.419. The Balaban J connectivity index is 2.79. The van der Waals surface area contributed by atoms with Crippen molar-refractivity contribution in [2.75, 3.05) is 6.61 Å². The van der Waals surface area contributed by atoms with Crippen molar-refractivity contribution in [1.29, 1.82) is 5.53 Å². The van der Waals surface area contributed by atoms with Crippen molar-refractivity contribution < 1.29 is 9.63 Å². The van der Waals surface area contributed by atoms with Gasteiger partial charge in [-0.25, -0.2) is 0 Å². The monoisotopic (exact) mass is 141 g/mol. The first-order chi connectivity index (χ1) is 4.84. The zero-order chi connectivity index (χ0) is 7.40. The molecule has 1 amide bonds. The fourth-order valence-electron chi connectivity index (χ4n) is 0.407. The van der Waals surface area contributed by atoms with E-state index in [-0.39, 0.29) is 12.3 Å². The van der Waals surface area contributed by atoms with Crippen LogP contribution in [0.3, 0.4) is 0 Å². The number of carbonyl (C=O) groups excluding carboxylic acids is 1. The number of nitrogens with zero attached hydrogens (tertiary/aromatic N) is 4. The van der Waals surface area contributed by atoms with Crippen LogP contribution in [0.5, 0.6) is 0 Å². The Morgan fingerprint density at radius 1 is 1.70 bits per heavy atom. The van der Waals surface area contributed by atoms with E-state index in [0.717, 1.165) is 0 Å². The minimum absolute atomic E-state index is 0.00926. The summed E-state index contributed by atoms with van der Waals surface area (Å²) in [5.41, 5.74) is 6.28. The molecule has 1 N–H and O–H groups in total. The molecule has 0 aliphatic carbocycles. The summed E-state index contributed by atoms with van der Waals surface area (Å²) in [6.07, 6.45) is 0. The summed E-state index contributed by atoms with van der Waals surface area (Å²) < 4.78 is 0. The minimum atomic E-state index is -0.609. The van der Waals surface area contributed by atoms with Gasteiger partial charge in [-0.05, 0) is 0 Å². The molecule has 0 aromatic heterocycles. The van der Waals surface area contributed by atoms with Gasteiger partial charge < -0.3 is 4.84 Å². The average Bonchev–Trinajstić information content (AvgIpc) is 1.94. The van der Waals surface area contributed by atoms with Crippen LogP contribution in [0.1, 0.15) is 0 Å². The Kier molecular flexibility index (Phi) is 1.78. The van der Waals surface area contributed by atoms with Crippen molar-refractivity contribution in [2.24, 2.45) is 20.7 Å². The van der Waals surface area contributed by atoms with E-state index in [1.165, 1.54) is 0 Å². The third-order valence-corrected chi connectivity index (χ3v) is 0.808. The molecular weight excluding hydrogens is 138 g/mol. The van der Waals surface area contributed by atoms with Gasteiger partial charge in [-0.3, -0.25) is 4.79 Å².